The molecule has 10 heteroatoms. The smallest absolute Gasteiger partial charge is 0.338 e. The highest BCUT2D eigenvalue weighted by Crippen LogP contribution is 2.40. The predicted molar refractivity (Wildman–Crippen MR) is 182 cm³/mol. The maximum atomic E-state index is 14.4. The number of methoxy groups -OCH3 is 1. The van der Waals surface area contributed by atoms with Crippen LogP contribution >= 0.6 is 11.3 Å². The van der Waals surface area contributed by atoms with Gasteiger partial charge >= 0.3 is 5.97 Å². The maximum Gasteiger partial charge on any atom is 0.338 e. The van der Waals surface area contributed by atoms with Crippen molar-refractivity contribution in [3.8, 4) is 17.1 Å². The van der Waals surface area contributed by atoms with Gasteiger partial charge in [-0.05, 0) is 68.8 Å². The molecule has 0 unspecified atom stereocenters. The number of fused-ring (bicyclic) bond motifs is 2. The molecule has 240 valence electrons. The van der Waals surface area contributed by atoms with Crippen LogP contribution < -0.4 is 19.6 Å². The first-order chi connectivity index (χ1) is 22.8. The molecule has 1 amide bonds. The number of benzene rings is 3. The molecule has 0 N–H and O–H groups in total. The van der Waals surface area contributed by atoms with Crippen molar-refractivity contribution in [3.63, 3.8) is 0 Å². The van der Waals surface area contributed by atoms with Crippen molar-refractivity contribution in [1.82, 2.24) is 9.47 Å². The van der Waals surface area contributed by atoms with Crippen molar-refractivity contribution in [3.05, 3.63) is 121 Å². The molecule has 3 aromatic carbocycles. The molecule has 0 radical (unpaired) electrons. The van der Waals surface area contributed by atoms with Crippen molar-refractivity contribution in [2.24, 2.45) is 4.99 Å². The van der Waals surface area contributed by atoms with Gasteiger partial charge in [0.25, 0.3) is 11.5 Å². The van der Waals surface area contributed by atoms with Gasteiger partial charge in [0.15, 0.2) is 4.80 Å². The molecule has 9 nitrogen and oxygen atoms in total. The van der Waals surface area contributed by atoms with Gasteiger partial charge in [0, 0.05) is 30.3 Å². The molecule has 0 fully saturated rings. The topological polar surface area (TPSA) is 103 Å². The standard InChI is InChI=1S/C37H35N3O6S/c1-6-39(7-2)35(42)31-22(4)38-37-40(33(31)32-27-12-10-9-11-23(27)17-19-29(32)44-5)34(41)30(47-37)21-26-18-20-28(46-26)24-13-15-25(16-14-24)36(43)45-8-3/h9-21,33H,6-8H2,1-5H3/b30-21+/t33-/m0/s1. The Balaban J connectivity index is 1.49. The van der Waals surface area contributed by atoms with Crippen molar-refractivity contribution >= 4 is 40.1 Å². The quantitative estimate of drug-likeness (QED) is 0.190. The number of amides is 1. The predicted octanol–water partition coefficient (Wildman–Crippen LogP) is 5.70. The minimum absolute atomic E-state index is 0.171. The summed E-state index contributed by atoms with van der Waals surface area (Å²) in [6, 6.07) is 21.5. The number of ether oxygens (including phenoxy) is 2. The summed E-state index contributed by atoms with van der Waals surface area (Å²) < 4.78 is 19.1. The van der Waals surface area contributed by atoms with E-state index in [-0.39, 0.29) is 17.4 Å². The van der Waals surface area contributed by atoms with Gasteiger partial charge < -0.3 is 18.8 Å². The minimum Gasteiger partial charge on any atom is -0.496 e. The van der Waals surface area contributed by atoms with Gasteiger partial charge in [0.2, 0.25) is 0 Å². The second kappa shape index (κ2) is 13.3. The highest BCUT2D eigenvalue weighted by atomic mass is 32.1. The van der Waals surface area contributed by atoms with E-state index in [9.17, 15) is 14.4 Å². The third-order valence-electron chi connectivity index (χ3n) is 8.31. The molecular weight excluding hydrogens is 614 g/mol. The molecule has 5 aromatic rings. The third-order valence-corrected chi connectivity index (χ3v) is 9.29. The lowest BCUT2D eigenvalue weighted by atomic mass is 9.90. The Morgan fingerprint density at radius 3 is 2.45 bits per heavy atom. The van der Waals surface area contributed by atoms with Gasteiger partial charge in [-0.15, -0.1) is 0 Å². The van der Waals surface area contributed by atoms with Gasteiger partial charge in [0.05, 0.1) is 35.1 Å². The summed E-state index contributed by atoms with van der Waals surface area (Å²) in [6.07, 6.45) is 1.70. The van der Waals surface area contributed by atoms with Crippen LogP contribution in [-0.4, -0.2) is 48.1 Å². The number of carbonyl (C=O) groups is 2. The number of aromatic nitrogens is 1. The number of likely N-dealkylation sites (N-methyl/N-ethyl adjacent to an activating group) is 1. The molecule has 0 saturated heterocycles. The Hall–Kier alpha value is -5.22. The summed E-state index contributed by atoms with van der Waals surface area (Å²) in [6.45, 7) is 8.80. The van der Waals surface area contributed by atoms with Crippen LogP contribution in [0.5, 0.6) is 5.75 Å². The molecule has 0 saturated carbocycles. The Kier molecular flexibility index (Phi) is 8.95. The van der Waals surface area contributed by atoms with E-state index in [0.717, 1.165) is 21.9 Å². The summed E-state index contributed by atoms with van der Waals surface area (Å²) in [5, 5.41) is 1.85. The fourth-order valence-corrected chi connectivity index (χ4v) is 7.01. The summed E-state index contributed by atoms with van der Waals surface area (Å²) in [5.41, 5.74) is 2.67. The zero-order valence-corrected chi connectivity index (χ0v) is 27.7. The fourth-order valence-electron chi connectivity index (χ4n) is 5.98. The van der Waals surface area contributed by atoms with Crippen LogP contribution in [0.25, 0.3) is 28.2 Å². The average Bonchev–Trinajstić information content (AvgIpc) is 3.68. The lowest BCUT2D eigenvalue weighted by molar-refractivity contribution is -0.127. The van der Waals surface area contributed by atoms with E-state index in [1.54, 1.807) is 59.9 Å². The maximum absolute atomic E-state index is 14.4. The molecule has 1 aliphatic rings. The summed E-state index contributed by atoms with van der Waals surface area (Å²) >= 11 is 1.24. The minimum atomic E-state index is -0.771. The van der Waals surface area contributed by atoms with Crippen molar-refractivity contribution < 1.29 is 23.5 Å². The largest absolute Gasteiger partial charge is 0.496 e. The van der Waals surface area contributed by atoms with Crippen molar-refractivity contribution in [2.75, 3.05) is 26.8 Å². The fraction of sp³-hybridized carbons (Fsp3) is 0.243. The van der Waals surface area contributed by atoms with Gasteiger partial charge in [0.1, 0.15) is 23.3 Å². The van der Waals surface area contributed by atoms with Crippen LogP contribution in [0.1, 0.15) is 55.4 Å². The van der Waals surface area contributed by atoms with Gasteiger partial charge in [-0.1, -0.05) is 53.8 Å². The number of thiazole rings is 1. The second-order valence-electron chi connectivity index (χ2n) is 11.0. The summed E-state index contributed by atoms with van der Waals surface area (Å²) in [7, 11) is 1.60. The van der Waals surface area contributed by atoms with Gasteiger partial charge in [-0.25, -0.2) is 9.79 Å². The average molecular weight is 650 g/mol. The Labute approximate surface area is 275 Å². The summed E-state index contributed by atoms with van der Waals surface area (Å²) in [4.78, 5) is 47.6. The number of esters is 1. The molecule has 2 aromatic heterocycles. The van der Waals surface area contributed by atoms with Crippen LogP contribution in [0.3, 0.4) is 0 Å². The Morgan fingerprint density at radius 1 is 1.00 bits per heavy atom. The Bertz CT molecular complexity index is 2200. The van der Waals surface area contributed by atoms with Gasteiger partial charge in [-0.2, -0.15) is 0 Å². The Morgan fingerprint density at radius 2 is 1.74 bits per heavy atom. The molecular formula is C37H35N3O6S. The monoisotopic (exact) mass is 649 g/mol. The van der Waals surface area contributed by atoms with E-state index in [1.807, 2.05) is 63.2 Å². The zero-order valence-electron chi connectivity index (χ0n) is 26.9. The molecule has 3 heterocycles. The number of hydrogen-bond acceptors (Lipinski definition) is 8. The van der Waals surface area contributed by atoms with Crippen LogP contribution in [0.15, 0.2) is 98.3 Å². The lowest BCUT2D eigenvalue weighted by Gasteiger charge is -2.30. The summed E-state index contributed by atoms with van der Waals surface area (Å²) in [5.74, 6) is 1.09. The lowest BCUT2D eigenvalue weighted by Crippen LogP contribution is -2.43. The first-order valence-electron chi connectivity index (χ1n) is 15.5. The number of nitrogens with zero attached hydrogens (tertiary/aromatic N) is 3. The van der Waals surface area contributed by atoms with E-state index < -0.39 is 6.04 Å². The molecule has 0 bridgehead atoms. The molecule has 47 heavy (non-hydrogen) atoms. The van der Waals surface area contributed by atoms with E-state index >= 15 is 0 Å². The number of hydrogen-bond donors (Lipinski definition) is 0. The van der Waals surface area contributed by atoms with Crippen LogP contribution in [0, 0.1) is 0 Å². The highest BCUT2D eigenvalue weighted by Gasteiger charge is 2.36. The number of furan rings is 1. The molecule has 0 aliphatic carbocycles. The molecule has 1 aliphatic heterocycles. The molecule has 0 spiro atoms. The van der Waals surface area contributed by atoms with Crippen LogP contribution in [0.2, 0.25) is 0 Å². The second-order valence-corrected chi connectivity index (χ2v) is 12.0. The first kappa shape index (κ1) is 31.7. The number of allylic oxidation sites excluding steroid dienone is 1. The molecule has 1 atom stereocenters. The SMILES string of the molecule is CCOC(=O)c1ccc(-c2ccc(/C=c3/sc4n(c3=O)[C@H](c3c(OC)ccc5ccccc35)C(C(=O)N(CC)CC)=C(C)N=4)o2)cc1. The van der Waals surface area contributed by atoms with E-state index in [4.69, 9.17) is 18.9 Å². The zero-order chi connectivity index (χ0) is 33.2. The molecule has 6 rings (SSSR count). The van der Waals surface area contributed by atoms with Gasteiger partial charge in [-0.3, -0.25) is 14.2 Å². The highest BCUT2D eigenvalue weighted by molar-refractivity contribution is 7.07. The van der Waals surface area contributed by atoms with Crippen molar-refractivity contribution in [1.29, 1.82) is 0 Å². The van der Waals surface area contributed by atoms with Crippen molar-refractivity contribution in [2.45, 2.75) is 33.7 Å². The van der Waals surface area contributed by atoms with E-state index in [2.05, 4.69) is 0 Å². The van der Waals surface area contributed by atoms with Crippen LogP contribution in [-0.2, 0) is 9.53 Å². The number of carbonyl (C=O) groups excluding carboxylic acids is 2. The number of rotatable bonds is 9. The third kappa shape index (κ3) is 5.81. The van der Waals surface area contributed by atoms with Crippen LogP contribution in [0.4, 0.5) is 0 Å². The normalized spacial score (nSPS) is 14.6. The van der Waals surface area contributed by atoms with E-state index in [0.29, 0.717) is 63.1 Å². The van der Waals surface area contributed by atoms with E-state index in [1.165, 1.54) is 11.3 Å². The first-order valence-corrected chi connectivity index (χ1v) is 16.4.